The van der Waals surface area contributed by atoms with Crippen molar-refractivity contribution in [2.24, 2.45) is 5.73 Å². The summed E-state index contributed by atoms with van der Waals surface area (Å²) in [6.45, 7) is 1.57. The summed E-state index contributed by atoms with van der Waals surface area (Å²) in [6, 6.07) is 4.57. The average molecular weight is 227 g/mol. The summed E-state index contributed by atoms with van der Waals surface area (Å²) < 4.78 is 22.7. The molecule has 0 radical (unpaired) electrons. The molecule has 0 aliphatic rings. The van der Waals surface area contributed by atoms with Crippen LogP contribution in [0.3, 0.4) is 0 Å². The lowest BCUT2D eigenvalue weighted by atomic mass is 10.1. The largest absolute Gasteiger partial charge is 0.324 e. The van der Waals surface area contributed by atoms with Crippen LogP contribution in [-0.4, -0.2) is 27.0 Å². The third kappa shape index (κ3) is 2.64. The van der Waals surface area contributed by atoms with Crippen LogP contribution in [0.25, 0.3) is 0 Å². The van der Waals surface area contributed by atoms with E-state index in [4.69, 9.17) is 5.73 Å². The number of hydrogen-bond donors (Lipinski definition) is 1. The zero-order valence-corrected chi connectivity index (χ0v) is 9.47. The van der Waals surface area contributed by atoms with E-state index in [1.807, 2.05) is 0 Å². The number of carbonyl (C=O) groups is 1. The molecule has 0 spiro atoms. The molecule has 0 heterocycles. The highest BCUT2D eigenvalue weighted by Crippen LogP contribution is 2.17. The van der Waals surface area contributed by atoms with Gasteiger partial charge in [0.1, 0.15) is 0 Å². The van der Waals surface area contributed by atoms with E-state index in [-0.39, 0.29) is 17.2 Å². The Kier molecular flexibility index (Phi) is 3.26. The molecule has 82 valence electrons. The van der Waals surface area contributed by atoms with E-state index in [2.05, 4.69) is 0 Å². The van der Waals surface area contributed by atoms with Crippen molar-refractivity contribution in [3.63, 3.8) is 0 Å². The van der Waals surface area contributed by atoms with Gasteiger partial charge in [0.25, 0.3) is 0 Å². The number of carbonyl (C=O) groups excluding carboxylic acids is 1. The molecular formula is C10H13NO3S. The van der Waals surface area contributed by atoms with Gasteiger partial charge in [0.15, 0.2) is 15.6 Å². The Labute approximate surface area is 89.0 Å². The van der Waals surface area contributed by atoms with Gasteiger partial charge in [-0.25, -0.2) is 8.42 Å². The first-order chi connectivity index (χ1) is 6.86. The van der Waals surface area contributed by atoms with E-state index in [1.54, 1.807) is 19.1 Å². The van der Waals surface area contributed by atoms with Crippen LogP contribution in [0.1, 0.15) is 15.9 Å². The number of aryl methyl sites for hydroxylation is 1. The second kappa shape index (κ2) is 4.12. The molecule has 0 aliphatic heterocycles. The van der Waals surface area contributed by atoms with Gasteiger partial charge in [-0.15, -0.1) is 0 Å². The Balaban J connectivity index is 3.36. The van der Waals surface area contributed by atoms with Gasteiger partial charge in [0.2, 0.25) is 0 Å². The zero-order valence-electron chi connectivity index (χ0n) is 8.65. The minimum absolute atomic E-state index is 0.119. The van der Waals surface area contributed by atoms with Crippen molar-refractivity contribution in [1.82, 2.24) is 0 Å². The third-order valence-electron chi connectivity index (χ3n) is 2.09. The lowest BCUT2D eigenvalue weighted by Gasteiger charge is -2.05. The van der Waals surface area contributed by atoms with Crippen molar-refractivity contribution in [2.75, 3.05) is 12.8 Å². The molecule has 4 nitrogen and oxygen atoms in total. The average Bonchev–Trinajstić information content (AvgIpc) is 2.15. The lowest BCUT2D eigenvalue weighted by molar-refractivity contribution is 0.100. The molecule has 5 heteroatoms. The van der Waals surface area contributed by atoms with Crippen LogP contribution in [0.4, 0.5) is 0 Å². The molecule has 15 heavy (non-hydrogen) atoms. The number of ketones is 1. The molecule has 2 N–H and O–H groups in total. The molecule has 0 bridgehead atoms. The Bertz CT molecular complexity index is 491. The molecule has 0 fully saturated rings. The van der Waals surface area contributed by atoms with E-state index in [9.17, 15) is 13.2 Å². The normalized spacial score (nSPS) is 11.4. The summed E-state index contributed by atoms with van der Waals surface area (Å²) in [5.74, 6) is -0.264. The summed E-state index contributed by atoms with van der Waals surface area (Å²) in [5, 5.41) is 0. The van der Waals surface area contributed by atoms with Gasteiger partial charge in [-0.1, -0.05) is 12.1 Å². The summed E-state index contributed by atoms with van der Waals surface area (Å²) in [5.41, 5.74) is 6.17. The minimum atomic E-state index is -3.29. The summed E-state index contributed by atoms with van der Waals surface area (Å²) >= 11 is 0. The first-order valence-electron chi connectivity index (χ1n) is 4.40. The highest BCUT2D eigenvalue weighted by Gasteiger charge is 2.13. The van der Waals surface area contributed by atoms with Crippen molar-refractivity contribution >= 4 is 15.6 Å². The maximum absolute atomic E-state index is 11.4. The number of Topliss-reactive ketones (excluding diaryl/α,β-unsaturated/α-hetero) is 1. The standard InChI is InChI=1S/C10H13NO3S/c1-7-3-4-8(9(12)6-11)5-10(7)15(2,13)14/h3-5H,6,11H2,1-2H3. The molecule has 0 amide bonds. The van der Waals surface area contributed by atoms with Crippen LogP contribution in [0.5, 0.6) is 0 Å². The Morgan fingerprint density at radius 1 is 1.40 bits per heavy atom. The lowest BCUT2D eigenvalue weighted by Crippen LogP contribution is -2.14. The SMILES string of the molecule is Cc1ccc(C(=O)CN)cc1S(C)(=O)=O. The van der Waals surface area contributed by atoms with E-state index in [0.29, 0.717) is 11.1 Å². The van der Waals surface area contributed by atoms with Crippen molar-refractivity contribution in [3.05, 3.63) is 29.3 Å². The van der Waals surface area contributed by atoms with Gasteiger partial charge in [0, 0.05) is 11.8 Å². The fraction of sp³-hybridized carbons (Fsp3) is 0.300. The smallest absolute Gasteiger partial charge is 0.176 e. The first kappa shape index (κ1) is 11.9. The Morgan fingerprint density at radius 2 is 2.00 bits per heavy atom. The summed E-state index contributed by atoms with van der Waals surface area (Å²) in [4.78, 5) is 11.5. The molecular weight excluding hydrogens is 214 g/mol. The monoisotopic (exact) mass is 227 g/mol. The van der Waals surface area contributed by atoms with Crippen molar-refractivity contribution in [1.29, 1.82) is 0 Å². The van der Waals surface area contributed by atoms with E-state index in [1.165, 1.54) is 6.07 Å². The van der Waals surface area contributed by atoms with Crippen LogP contribution in [0.15, 0.2) is 23.1 Å². The maximum atomic E-state index is 11.4. The van der Waals surface area contributed by atoms with E-state index < -0.39 is 9.84 Å². The van der Waals surface area contributed by atoms with Crippen LogP contribution >= 0.6 is 0 Å². The maximum Gasteiger partial charge on any atom is 0.176 e. The number of hydrogen-bond acceptors (Lipinski definition) is 4. The Morgan fingerprint density at radius 3 is 2.47 bits per heavy atom. The number of sulfone groups is 1. The van der Waals surface area contributed by atoms with E-state index >= 15 is 0 Å². The molecule has 0 aliphatic carbocycles. The third-order valence-corrected chi connectivity index (χ3v) is 3.33. The van der Waals surface area contributed by atoms with Crippen molar-refractivity contribution in [2.45, 2.75) is 11.8 Å². The summed E-state index contributed by atoms with van der Waals surface area (Å²) in [7, 11) is -3.29. The molecule has 1 aromatic carbocycles. The van der Waals surface area contributed by atoms with Gasteiger partial charge < -0.3 is 5.73 Å². The molecule has 0 saturated heterocycles. The molecule has 0 unspecified atom stereocenters. The van der Waals surface area contributed by atoms with Crippen LogP contribution < -0.4 is 5.73 Å². The Hall–Kier alpha value is -1.20. The van der Waals surface area contributed by atoms with Gasteiger partial charge in [-0.3, -0.25) is 4.79 Å². The second-order valence-corrected chi connectivity index (χ2v) is 5.36. The molecule has 0 saturated carbocycles. The molecule has 1 aromatic rings. The highest BCUT2D eigenvalue weighted by atomic mass is 32.2. The van der Waals surface area contributed by atoms with Gasteiger partial charge >= 0.3 is 0 Å². The van der Waals surface area contributed by atoms with Gasteiger partial charge in [-0.05, 0) is 18.6 Å². The first-order valence-corrected chi connectivity index (χ1v) is 6.29. The van der Waals surface area contributed by atoms with Crippen molar-refractivity contribution in [3.8, 4) is 0 Å². The zero-order chi connectivity index (χ0) is 11.6. The van der Waals surface area contributed by atoms with Crippen LogP contribution in [-0.2, 0) is 9.84 Å². The van der Waals surface area contributed by atoms with Crippen LogP contribution in [0.2, 0.25) is 0 Å². The fourth-order valence-electron chi connectivity index (χ4n) is 1.29. The van der Waals surface area contributed by atoms with Gasteiger partial charge in [-0.2, -0.15) is 0 Å². The second-order valence-electron chi connectivity index (χ2n) is 3.38. The van der Waals surface area contributed by atoms with Crippen LogP contribution in [0, 0.1) is 6.92 Å². The predicted octanol–water partition coefficient (Wildman–Crippen LogP) is 0.540. The molecule has 0 atom stereocenters. The van der Waals surface area contributed by atoms with Gasteiger partial charge in [0.05, 0.1) is 11.4 Å². The topological polar surface area (TPSA) is 77.2 Å². The number of nitrogens with two attached hydrogens (primary N) is 1. The minimum Gasteiger partial charge on any atom is -0.324 e. The number of benzene rings is 1. The predicted molar refractivity (Wildman–Crippen MR) is 57.7 cm³/mol. The molecule has 0 aromatic heterocycles. The highest BCUT2D eigenvalue weighted by molar-refractivity contribution is 7.90. The number of rotatable bonds is 3. The molecule has 1 rings (SSSR count). The fourth-order valence-corrected chi connectivity index (χ4v) is 2.28. The van der Waals surface area contributed by atoms with E-state index in [0.717, 1.165) is 6.26 Å². The quantitative estimate of drug-likeness (QED) is 0.764. The summed E-state index contributed by atoms with van der Waals surface area (Å²) in [6.07, 6.45) is 1.12. The van der Waals surface area contributed by atoms with Crippen molar-refractivity contribution < 1.29 is 13.2 Å².